The van der Waals surface area contributed by atoms with Crippen LogP contribution in [-0.2, 0) is 5.41 Å². The number of rotatable bonds is 3. The van der Waals surface area contributed by atoms with Gasteiger partial charge in [0.15, 0.2) is 0 Å². The van der Waals surface area contributed by atoms with Gasteiger partial charge in [-0.3, -0.25) is 0 Å². The minimum atomic E-state index is -0.914. The zero-order chi connectivity index (χ0) is 19.3. The number of aromatic carboxylic acids is 1. The first-order chi connectivity index (χ1) is 13.6. The highest BCUT2D eigenvalue weighted by Gasteiger charge is 2.52. The molecule has 0 amide bonds. The minimum absolute atomic E-state index is 0.242. The van der Waals surface area contributed by atoms with Gasteiger partial charge in [0, 0.05) is 11.1 Å². The standard InChI is InChI=1S/C24H24O3S/c1-27-21-5-3-15(2-4-19-6-7-28-22(19)23(25)26)11-20(21)24-12-16-8-17(13-24)10-18(9-16)14-24/h3,5-7,11,16-18H,8-10,12-14H2,1H3,(H,25,26). The van der Waals surface area contributed by atoms with Gasteiger partial charge in [0.25, 0.3) is 0 Å². The van der Waals surface area contributed by atoms with E-state index in [9.17, 15) is 9.90 Å². The van der Waals surface area contributed by atoms with Crippen molar-refractivity contribution in [2.24, 2.45) is 17.8 Å². The highest BCUT2D eigenvalue weighted by molar-refractivity contribution is 7.12. The molecule has 1 aromatic carbocycles. The summed E-state index contributed by atoms with van der Waals surface area (Å²) in [6, 6.07) is 8.03. The van der Waals surface area contributed by atoms with Crippen LogP contribution in [0.4, 0.5) is 0 Å². The molecule has 0 spiro atoms. The third-order valence-electron chi connectivity index (χ3n) is 7.01. The molecule has 4 saturated carbocycles. The van der Waals surface area contributed by atoms with Crippen LogP contribution in [0.15, 0.2) is 29.6 Å². The maximum Gasteiger partial charge on any atom is 0.347 e. The number of thiophene rings is 1. The second-order valence-electron chi connectivity index (χ2n) is 8.83. The van der Waals surface area contributed by atoms with Gasteiger partial charge in [-0.2, -0.15) is 0 Å². The molecule has 0 radical (unpaired) electrons. The number of carboxylic acid groups (broad SMARTS) is 1. The van der Waals surface area contributed by atoms with E-state index in [0.29, 0.717) is 10.4 Å². The Bertz CT molecular complexity index is 955. The first-order valence-electron chi connectivity index (χ1n) is 10.1. The van der Waals surface area contributed by atoms with Crippen LogP contribution in [0.1, 0.15) is 64.9 Å². The van der Waals surface area contributed by atoms with Crippen LogP contribution in [-0.4, -0.2) is 18.2 Å². The Morgan fingerprint density at radius 2 is 1.79 bits per heavy atom. The van der Waals surface area contributed by atoms with Crippen LogP contribution >= 0.6 is 11.3 Å². The van der Waals surface area contributed by atoms with Gasteiger partial charge in [-0.25, -0.2) is 4.79 Å². The van der Waals surface area contributed by atoms with Crippen molar-refractivity contribution in [3.63, 3.8) is 0 Å². The Kier molecular flexibility index (Phi) is 4.25. The molecule has 3 nitrogen and oxygen atoms in total. The number of benzene rings is 1. The number of methoxy groups -OCH3 is 1. The SMILES string of the molecule is COc1ccc(C#Cc2ccsc2C(=O)O)cc1C12CC3CC(CC(C3)C1)C2. The van der Waals surface area contributed by atoms with Gasteiger partial charge < -0.3 is 9.84 Å². The molecule has 6 rings (SSSR count). The summed E-state index contributed by atoms with van der Waals surface area (Å²) < 4.78 is 5.77. The van der Waals surface area contributed by atoms with Crippen molar-refractivity contribution in [3.05, 3.63) is 51.2 Å². The third kappa shape index (κ3) is 2.93. The number of hydrogen-bond donors (Lipinski definition) is 1. The molecular weight excluding hydrogens is 368 g/mol. The Balaban J connectivity index is 1.53. The molecule has 4 aliphatic rings. The van der Waals surface area contributed by atoms with Crippen LogP contribution in [0.3, 0.4) is 0 Å². The molecule has 4 aliphatic carbocycles. The molecule has 4 bridgehead atoms. The van der Waals surface area contributed by atoms with Gasteiger partial charge in [-0.1, -0.05) is 11.8 Å². The van der Waals surface area contributed by atoms with Crippen molar-refractivity contribution in [2.75, 3.05) is 7.11 Å². The fourth-order valence-corrected chi connectivity index (χ4v) is 7.04. The van der Waals surface area contributed by atoms with Crippen molar-refractivity contribution < 1.29 is 14.6 Å². The Morgan fingerprint density at radius 1 is 1.11 bits per heavy atom. The lowest BCUT2D eigenvalue weighted by Gasteiger charge is -2.57. The summed E-state index contributed by atoms with van der Waals surface area (Å²) >= 11 is 1.22. The second kappa shape index (κ2) is 6.67. The van der Waals surface area contributed by atoms with E-state index in [1.807, 2.05) is 12.1 Å². The molecule has 4 fully saturated rings. The van der Waals surface area contributed by atoms with E-state index in [0.717, 1.165) is 29.1 Å². The predicted molar refractivity (Wildman–Crippen MR) is 110 cm³/mol. The fraction of sp³-hybridized carbons (Fsp3) is 0.458. The molecule has 1 N–H and O–H groups in total. The summed E-state index contributed by atoms with van der Waals surface area (Å²) in [7, 11) is 1.76. The van der Waals surface area contributed by atoms with E-state index in [4.69, 9.17) is 4.74 Å². The Labute approximate surface area is 169 Å². The van der Waals surface area contributed by atoms with Gasteiger partial charge >= 0.3 is 5.97 Å². The summed E-state index contributed by atoms with van der Waals surface area (Å²) in [6.45, 7) is 0. The van der Waals surface area contributed by atoms with Gasteiger partial charge in [-0.15, -0.1) is 11.3 Å². The molecular formula is C24H24O3S. The van der Waals surface area contributed by atoms with Gasteiger partial charge in [0.2, 0.25) is 0 Å². The molecule has 0 saturated heterocycles. The lowest BCUT2D eigenvalue weighted by Crippen LogP contribution is -2.48. The lowest BCUT2D eigenvalue weighted by molar-refractivity contribution is -0.00616. The smallest absolute Gasteiger partial charge is 0.347 e. The topological polar surface area (TPSA) is 46.5 Å². The molecule has 0 aliphatic heterocycles. The van der Waals surface area contributed by atoms with Crippen molar-refractivity contribution in [1.82, 2.24) is 0 Å². The fourth-order valence-electron chi connectivity index (χ4n) is 6.35. The molecule has 1 heterocycles. The van der Waals surface area contributed by atoms with E-state index in [-0.39, 0.29) is 5.41 Å². The molecule has 4 heteroatoms. The van der Waals surface area contributed by atoms with Gasteiger partial charge in [0.05, 0.1) is 12.7 Å². The molecule has 0 atom stereocenters. The van der Waals surface area contributed by atoms with E-state index in [1.165, 1.54) is 55.4 Å². The number of hydrogen-bond acceptors (Lipinski definition) is 3. The number of carbonyl (C=O) groups is 1. The summed E-state index contributed by atoms with van der Waals surface area (Å²) in [5, 5.41) is 11.1. The van der Waals surface area contributed by atoms with E-state index >= 15 is 0 Å². The molecule has 1 aromatic heterocycles. The first kappa shape index (κ1) is 17.8. The first-order valence-corrected chi connectivity index (χ1v) is 11.0. The summed E-state index contributed by atoms with van der Waals surface area (Å²) in [5.41, 5.74) is 3.09. The van der Waals surface area contributed by atoms with Crippen LogP contribution in [0, 0.1) is 29.6 Å². The normalized spacial score (nSPS) is 30.0. The Morgan fingerprint density at radius 3 is 2.39 bits per heavy atom. The number of carboxylic acids is 1. The van der Waals surface area contributed by atoms with E-state index in [1.54, 1.807) is 18.6 Å². The lowest BCUT2D eigenvalue weighted by atomic mass is 9.48. The zero-order valence-corrected chi connectivity index (χ0v) is 16.8. The molecule has 144 valence electrons. The minimum Gasteiger partial charge on any atom is -0.496 e. The summed E-state index contributed by atoms with van der Waals surface area (Å²) in [5.74, 6) is 8.95. The van der Waals surface area contributed by atoms with Crippen molar-refractivity contribution in [2.45, 2.75) is 43.9 Å². The zero-order valence-electron chi connectivity index (χ0n) is 16.0. The highest BCUT2D eigenvalue weighted by Crippen LogP contribution is 2.61. The van der Waals surface area contributed by atoms with Crippen LogP contribution in [0.25, 0.3) is 0 Å². The maximum absolute atomic E-state index is 11.3. The average Bonchev–Trinajstić information content (AvgIpc) is 3.14. The molecule has 0 unspecified atom stereocenters. The van der Waals surface area contributed by atoms with Gasteiger partial charge in [0.1, 0.15) is 10.6 Å². The molecule has 2 aromatic rings. The second-order valence-corrected chi connectivity index (χ2v) is 9.75. The quantitative estimate of drug-likeness (QED) is 0.719. The Hall–Kier alpha value is -2.25. The summed E-state index contributed by atoms with van der Waals surface area (Å²) in [6.07, 6.45) is 8.07. The average molecular weight is 393 g/mol. The van der Waals surface area contributed by atoms with E-state index < -0.39 is 5.97 Å². The van der Waals surface area contributed by atoms with Crippen LogP contribution in [0.5, 0.6) is 5.75 Å². The van der Waals surface area contributed by atoms with Crippen LogP contribution in [0.2, 0.25) is 0 Å². The molecule has 28 heavy (non-hydrogen) atoms. The maximum atomic E-state index is 11.3. The monoisotopic (exact) mass is 392 g/mol. The van der Waals surface area contributed by atoms with Crippen molar-refractivity contribution in [1.29, 1.82) is 0 Å². The predicted octanol–water partition coefficient (Wildman–Crippen LogP) is 5.32. The van der Waals surface area contributed by atoms with Crippen LogP contribution < -0.4 is 4.74 Å². The van der Waals surface area contributed by atoms with Crippen molar-refractivity contribution in [3.8, 4) is 17.6 Å². The highest BCUT2D eigenvalue weighted by atomic mass is 32.1. The third-order valence-corrected chi connectivity index (χ3v) is 7.91. The largest absolute Gasteiger partial charge is 0.496 e. The number of ether oxygens (including phenoxy) is 1. The van der Waals surface area contributed by atoms with E-state index in [2.05, 4.69) is 17.9 Å². The summed E-state index contributed by atoms with van der Waals surface area (Å²) in [4.78, 5) is 11.6. The van der Waals surface area contributed by atoms with Gasteiger partial charge in [-0.05, 0) is 91.3 Å². The van der Waals surface area contributed by atoms with Crippen molar-refractivity contribution >= 4 is 17.3 Å².